The fourth-order valence-corrected chi connectivity index (χ4v) is 2.79. The average Bonchev–Trinajstić information content (AvgIpc) is 2.30. The van der Waals surface area contributed by atoms with Crippen LogP contribution < -0.4 is 5.73 Å². The lowest BCUT2D eigenvalue weighted by Gasteiger charge is -2.04. The van der Waals surface area contributed by atoms with Crippen molar-refractivity contribution in [1.82, 2.24) is 9.97 Å². The molecule has 0 saturated carbocycles. The lowest BCUT2D eigenvalue weighted by Crippen LogP contribution is -1.96. The van der Waals surface area contributed by atoms with E-state index in [1.807, 2.05) is 0 Å². The van der Waals surface area contributed by atoms with Crippen molar-refractivity contribution in [1.29, 1.82) is 0 Å². The third kappa shape index (κ3) is 3.44. The normalized spacial score (nSPS) is 10.5. The highest BCUT2D eigenvalue weighted by Crippen LogP contribution is 2.28. The van der Waals surface area contributed by atoms with Crippen LogP contribution in [0.2, 0.25) is 0 Å². The van der Waals surface area contributed by atoms with E-state index in [2.05, 4.69) is 57.1 Å². The molecule has 88 valence electrons. The van der Waals surface area contributed by atoms with Gasteiger partial charge in [-0.15, -0.1) is 11.8 Å². The molecule has 2 aromatic rings. The largest absolute Gasteiger partial charge is 0.368 e. The van der Waals surface area contributed by atoms with Crippen LogP contribution >= 0.6 is 27.7 Å². The second kappa shape index (κ2) is 5.51. The molecule has 0 unspecified atom stereocenters. The molecule has 2 N–H and O–H groups in total. The number of nitrogens with two attached hydrogens (primary N) is 1. The summed E-state index contributed by atoms with van der Waals surface area (Å²) in [6.45, 7) is 2.09. The fourth-order valence-electron chi connectivity index (χ4n) is 1.42. The number of hydrogen-bond acceptors (Lipinski definition) is 4. The Hall–Kier alpha value is -1.07. The van der Waals surface area contributed by atoms with Gasteiger partial charge in [-0.3, -0.25) is 0 Å². The number of anilines is 1. The molecule has 0 atom stereocenters. The first-order chi connectivity index (χ1) is 8.15. The van der Waals surface area contributed by atoms with E-state index in [-0.39, 0.29) is 0 Å². The molecule has 1 heterocycles. The summed E-state index contributed by atoms with van der Waals surface area (Å²) in [6.07, 6.45) is 1.68. The summed E-state index contributed by atoms with van der Waals surface area (Å²) >= 11 is 5.06. The molecule has 3 nitrogen and oxygen atoms in total. The summed E-state index contributed by atoms with van der Waals surface area (Å²) in [5.41, 5.74) is 8.11. The molecule has 0 radical (unpaired) electrons. The van der Waals surface area contributed by atoms with Crippen LogP contribution in [0.15, 0.2) is 40.0 Å². The number of thioether (sulfide) groups is 1. The van der Waals surface area contributed by atoms with Gasteiger partial charge in [-0.2, -0.15) is 0 Å². The molecule has 1 aromatic carbocycles. The third-order valence-corrected chi connectivity index (χ3v) is 4.09. The number of rotatable bonds is 3. The maximum absolute atomic E-state index is 5.56. The van der Waals surface area contributed by atoms with E-state index < -0.39 is 0 Å². The molecule has 0 amide bonds. The van der Waals surface area contributed by atoms with Crippen molar-refractivity contribution in [2.75, 3.05) is 5.73 Å². The molecule has 0 aliphatic rings. The second-order valence-corrected chi connectivity index (χ2v) is 5.48. The van der Waals surface area contributed by atoms with Crippen LogP contribution in [-0.4, -0.2) is 9.97 Å². The van der Waals surface area contributed by atoms with Crippen LogP contribution in [0.4, 0.5) is 5.95 Å². The molecule has 1 aromatic heterocycles. The highest BCUT2D eigenvalue weighted by Gasteiger charge is 2.04. The number of nitrogens with zero attached hydrogens (tertiary/aromatic N) is 2. The van der Waals surface area contributed by atoms with Gasteiger partial charge in [0.05, 0.1) is 4.47 Å². The van der Waals surface area contributed by atoms with Gasteiger partial charge in [0.1, 0.15) is 5.03 Å². The van der Waals surface area contributed by atoms with Crippen LogP contribution in [0.25, 0.3) is 0 Å². The standard InChI is InChI=1S/C12H12BrN3S/c1-8-3-2-4-9(5-8)7-17-11-10(13)6-15-12(14)16-11/h2-6H,7H2,1H3,(H2,14,15,16). The lowest BCUT2D eigenvalue weighted by atomic mass is 10.2. The Kier molecular flexibility index (Phi) is 4.02. The van der Waals surface area contributed by atoms with Gasteiger partial charge in [-0.05, 0) is 28.4 Å². The Bertz CT molecular complexity index is 531. The summed E-state index contributed by atoms with van der Waals surface area (Å²) in [6, 6.07) is 8.44. The molecule has 0 saturated heterocycles. The van der Waals surface area contributed by atoms with E-state index in [0.717, 1.165) is 15.3 Å². The maximum atomic E-state index is 5.56. The predicted octanol–water partition coefficient (Wildman–Crippen LogP) is 3.42. The van der Waals surface area contributed by atoms with Crippen molar-refractivity contribution >= 4 is 33.6 Å². The summed E-state index contributed by atoms with van der Waals surface area (Å²) < 4.78 is 0.879. The molecule has 17 heavy (non-hydrogen) atoms. The molecule has 0 aliphatic heterocycles. The van der Waals surface area contributed by atoms with Crippen LogP contribution in [0.5, 0.6) is 0 Å². The van der Waals surface area contributed by atoms with Crippen molar-refractivity contribution < 1.29 is 0 Å². The molecule has 2 rings (SSSR count). The third-order valence-electron chi connectivity index (χ3n) is 2.19. The highest BCUT2D eigenvalue weighted by molar-refractivity contribution is 9.10. The highest BCUT2D eigenvalue weighted by atomic mass is 79.9. The van der Waals surface area contributed by atoms with Crippen molar-refractivity contribution in [3.63, 3.8) is 0 Å². The number of aryl methyl sites for hydroxylation is 1. The topological polar surface area (TPSA) is 51.8 Å². The average molecular weight is 310 g/mol. The molecular weight excluding hydrogens is 298 g/mol. The van der Waals surface area contributed by atoms with Crippen LogP contribution in [-0.2, 0) is 5.75 Å². The number of halogens is 1. The quantitative estimate of drug-likeness (QED) is 0.697. The first kappa shape index (κ1) is 12.4. The van der Waals surface area contributed by atoms with E-state index in [4.69, 9.17) is 5.73 Å². The van der Waals surface area contributed by atoms with Crippen molar-refractivity contribution in [2.24, 2.45) is 0 Å². The molecule has 0 fully saturated rings. The number of hydrogen-bond donors (Lipinski definition) is 1. The van der Waals surface area contributed by atoms with E-state index in [1.165, 1.54) is 11.1 Å². The van der Waals surface area contributed by atoms with Gasteiger partial charge in [0.15, 0.2) is 0 Å². The first-order valence-corrected chi connectivity index (χ1v) is 6.89. The van der Waals surface area contributed by atoms with Gasteiger partial charge in [-0.1, -0.05) is 29.8 Å². The molecule has 0 aliphatic carbocycles. The van der Waals surface area contributed by atoms with Gasteiger partial charge in [0.2, 0.25) is 5.95 Å². The van der Waals surface area contributed by atoms with Crippen molar-refractivity contribution in [2.45, 2.75) is 17.7 Å². The van der Waals surface area contributed by atoms with E-state index in [0.29, 0.717) is 5.95 Å². The summed E-state index contributed by atoms with van der Waals surface area (Å²) in [5.74, 6) is 1.18. The predicted molar refractivity (Wildman–Crippen MR) is 74.9 cm³/mol. The Morgan fingerprint density at radius 1 is 1.41 bits per heavy atom. The molecule has 5 heteroatoms. The lowest BCUT2D eigenvalue weighted by molar-refractivity contribution is 1.04. The number of nitrogen functional groups attached to an aromatic ring is 1. The number of aromatic nitrogens is 2. The van der Waals surface area contributed by atoms with E-state index in [9.17, 15) is 0 Å². The smallest absolute Gasteiger partial charge is 0.221 e. The Labute approximate surface area is 113 Å². The van der Waals surface area contributed by atoms with Crippen LogP contribution in [0.3, 0.4) is 0 Å². The van der Waals surface area contributed by atoms with Crippen molar-refractivity contribution in [3.05, 3.63) is 46.1 Å². The van der Waals surface area contributed by atoms with Crippen LogP contribution in [0.1, 0.15) is 11.1 Å². The van der Waals surface area contributed by atoms with Crippen molar-refractivity contribution in [3.8, 4) is 0 Å². The second-order valence-electron chi connectivity index (χ2n) is 3.66. The molecular formula is C12H12BrN3S. The zero-order valence-corrected chi connectivity index (χ0v) is 11.8. The maximum Gasteiger partial charge on any atom is 0.221 e. The SMILES string of the molecule is Cc1cccc(CSc2nc(N)ncc2Br)c1. The van der Waals surface area contributed by atoms with Gasteiger partial charge in [0.25, 0.3) is 0 Å². The molecule has 0 bridgehead atoms. The fraction of sp³-hybridized carbons (Fsp3) is 0.167. The first-order valence-electron chi connectivity index (χ1n) is 5.11. The van der Waals surface area contributed by atoms with E-state index in [1.54, 1.807) is 18.0 Å². The minimum atomic E-state index is 0.306. The summed E-state index contributed by atoms with van der Waals surface area (Å²) in [4.78, 5) is 8.11. The van der Waals surface area contributed by atoms with Crippen LogP contribution in [0, 0.1) is 6.92 Å². The van der Waals surface area contributed by atoms with E-state index >= 15 is 0 Å². The Balaban J connectivity index is 2.09. The Morgan fingerprint density at radius 2 is 2.24 bits per heavy atom. The zero-order valence-electron chi connectivity index (χ0n) is 9.35. The van der Waals surface area contributed by atoms with Gasteiger partial charge in [-0.25, -0.2) is 9.97 Å². The Morgan fingerprint density at radius 3 is 3.00 bits per heavy atom. The van der Waals surface area contributed by atoms with Gasteiger partial charge in [0, 0.05) is 11.9 Å². The molecule has 0 spiro atoms. The minimum Gasteiger partial charge on any atom is -0.368 e. The minimum absolute atomic E-state index is 0.306. The number of benzene rings is 1. The van der Waals surface area contributed by atoms with Gasteiger partial charge < -0.3 is 5.73 Å². The monoisotopic (exact) mass is 309 g/mol. The van der Waals surface area contributed by atoms with Gasteiger partial charge >= 0.3 is 0 Å². The zero-order chi connectivity index (χ0) is 12.3. The summed E-state index contributed by atoms with van der Waals surface area (Å²) in [7, 11) is 0. The summed E-state index contributed by atoms with van der Waals surface area (Å²) in [5, 5.41) is 0.874.